The molecule has 0 atom stereocenters. The summed E-state index contributed by atoms with van der Waals surface area (Å²) in [5, 5.41) is 3.10. The van der Waals surface area contributed by atoms with Crippen LogP contribution in [0.15, 0.2) is 29.2 Å². The Morgan fingerprint density at radius 3 is 2.50 bits per heavy atom. The molecule has 0 aliphatic carbocycles. The van der Waals surface area contributed by atoms with E-state index in [1.807, 2.05) is 6.92 Å². The molecule has 8 heteroatoms. The van der Waals surface area contributed by atoms with E-state index in [1.54, 1.807) is 20.8 Å². The van der Waals surface area contributed by atoms with E-state index in [2.05, 4.69) is 5.32 Å². The summed E-state index contributed by atoms with van der Waals surface area (Å²) in [4.78, 5) is 25.8. The van der Waals surface area contributed by atoms with Crippen LogP contribution in [-0.4, -0.2) is 32.7 Å². The number of benzene rings is 1. The van der Waals surface area contributed by atoms with Crippen molar-refractivity contribution >= 4 is 38.1 Å². The average molecular weight is 396 g/mol. The standard InChI is InChI=1S/C18H21NO5S2/c1-5-24-18(21)15-11(3)12(4)25-17(15)19-16(20)13-8-7-9-14(10-13)26(22,23)6-2/h7-10H,5-6H2,1-4H3,(H,19,20). The lowest BCUT2D eigenvalue weighted by Crippen LogP contribution is -2.15. The molecule has 0 bridgehead atoms. The number of esters is 1. The molecule has 0 radical (unpaired) electrons. The fourth-order valence-corrected chi connectivity index (χ4v) is 4.31. The molecule has 0 unspecified atom stereocenters. The Labute approximate surface area is 157 Å². The van der Waals surface area contributed by atoms with E-state index < -0.39 is 21.7 Å². The number of nitrogens with one attached hydrogen (secondary N) is 1. The van der Waals surface area contributed by atoms with Gasteiger partial charge in [-0.15, -0.1) is 11.3 Å². The Bertz CT molecular complexity index is 944. The van der Waals surface area contributed by atoms with Gasteiger partial charge in [-0.2, -0.15) is 0 Å². The summed E-state index contributed by atoms with van der Waals surface area (Å²) in [6.07, 6.45) is 0. The number of aryl methyl sites for hydroxylation is 1. The van der Waals surface area contributed by atoms with E-state index in [0.717, 1.165) is 10.4 Å². The molecule has 0 aliphatic rings. The normalized spacial score (nSPS) is 11.2. The first kappa shape index (κ1) is 20.1. The van der Waals surface area contributed by atoms with Crippen LogP contribution in [0.1, 0.15) is 45.0 Å². The Morgan fingerprint density at radius 1 is 1.19 bits per heavy atom. The maximum atomic E-state index is 12.6. The monoisotopic (exact) mass is 395 g/mol. The van der Waals surface area contributed by atoms with Crippen LogP contribution in [-0.2, 0) is 14.6 Å². The molecule has 0 saturated heterocycles. The zero-order chi connectivity index (χ0) is 19.5. The smallest absolute Gasteiger partial charge is 0.341 e. The number of carbonyl (C=O) groups is 2. The number of sulfone groups is 1. The fourth-order valence-electron chi connectivity index (χ4n) is 2.34. The lowest BCUT2D eigenvalue weighted by molar-refractivity contribution is 0.0527. The zero-order valence-electron chi connectivity index (χ0n) is 15.1. The number of carbonyl (C=O) groups excluding carboxylic acids is 2. The summed E-state index contributed by atoms with van der Waals surface area (Å²) >= 11 is 1.28. The summed E-state index contributed by atoms with van der Waals surface area (Å²) in [6, 6.07) is 5.85. The molecule has 1 heterocycles. The quantitative estimate of drug-likeness (QED) is 0.755. The van der Waals surface area contributed by atoms with Crippen molar-refractivity contribution in [2.24, 2.45) is 0 Å². The second-order valence-electron chi connectivity index (χ2n) is 5.59. The largest absolute Gasteiger partial charge is 0.462 e. The van der Waals surface area contributed by atoms with E-state index in [0.29, 0.717) is 10.6 Å². The summed E-state index contributed by atoms with van der Waals surface area (Å²) in [6.45, 7) is 7.14. The first-order valence-electron chi connectivity index (χ1n) is 8.12. The number of amides is 1. The van der Waals surface area contributed by atoms with Crippen LogP contribution in [0.5, 0.6) is 0 Å². The Hall–Kier alpha value is -2.19. The number of hydrogen-bond acceptors (Lipinski definition) is 6. The molecule has 1 aromatic carbocycles. The minimum Gasteiger partial charge on any atom is -0.462 e. The van der Waals surface area contributed by atoms with Crippen molar-refractivity contribution < 1.29 is 22.7 Å². The minimum absolute atomic E-state index is 0.0472. The number of rotatable bonds is 6. The van der Waals surface area contributed by atoms with Gasteiger partial charge in [0.2, 0.25) is 0 Å². The third-order valence-electron chi connectivity index (χ3n) is 3.93. The van der Waals surface area contributed by atoms with Gasteiger partial charge >= 0.3 is 5.97 Å². The highest BCUT2D eigenvalue weighted by Gasteiger charge is 2.23. The molecule has 0 spiro atoms. The van der Waals surface area contributed by atoms with Gasteiger partial charge in [0.05, 0.1) is 22.8 Å². The van der Waals surface area contributed by atoms with E-state index in [1.165, 1.54) is 35.6 Å². The molecule has 2 aromatic rings. The van der Waals surface area contributed by atoms with Crippen molar-refractivity contribution in [1.29, 1.82) is 0 Å². The summed E-state index contributed by atoms with van der Waals surface area (Å²) in [7, 11) is -3.41. The van der Waals surface area contributed by atoms with Crippen molar-refractivity contribution in [1.82, 2.24) is 0 Å². The molecule has 0 fully saturated rings. The van der Waals surface area contributed by atoms with Crippen molar-refractivity contribution in [3.63, 3.8) is 0 Å². The molecular formula is C18H21NO5S2. The molecular weight excluding hydrogens is 374 g/mol. The first-order valence-corrected chi connectivity index (χ1v) is 10.6. The zero-order valence-corrected chi connectivity index (χ0v) is 16.7. The van der Waals surface area contributed by atoms with E-state index in [-0.39, 0.29) is 22.8 Å². The van der Waals surface area contributed by atoms with Crippen LogP contribution in [0, 0.1) is 13.8 Å². The fraction of sp³-hybridized carbons (Fsp3) is 0.333. The second-order valence-corrected chi connectivity index (χ2v) is 9.10. The summed E-state index contributed by atoms with van der Waals surface area (Å²) in [5.74, 6) is -1.02. The van der Waals surface area contributed by atoms with Crippen LogP contribution in [0.3, 0.4) is 0 Å². The third kappa shape index (κ3) is 4.13. The predicted molar refractivity (Wildman–Crippen MR) is 102 cm³/mol. The van der Waals surface area contributed by atoms with Gasteiger partial charge in [0.25, 0.3) is 5.91 Å². The molecule has 1 N–H and O–H groups in total. The highest BCUT2D eigenvalue weighted by atomic mass is 32.2. The number of ether oxygens (including phenoxy) is 1. The van der Waals surface area contributed by atoms with Gasteiger partial charge in [-0.3, -0.25) is 4.79 Å². The first-order chi connectivity index (χ1) is 12.2. The van der Waals surface area contributed by atoms with Gasteiger partial charge in [-0.25, -0.2) is 13.2 Å². The third-order valence-corrected chi connectivity index (χ3v) is 6.78. The van der Waals surface area contributed by atoms with Crippen molar-refractivity contribution in [2.45, 2.75) is 32.6 Å². The van der Waals surface area contributed by atoms with Gasteiger partial charge < -0.3 is 10.1 Å². The topological polar surface area (TPSA) is 89.5 Å². The van der Waals surface area contributed by atoms with Crippen LogP contribution in [0.2, 0.25) is 0 Å². The maximum Gasteiger partial charge on any atom is 0.341 e. The van der Waals surface area contributed by atoms with Crippen LogP contribution >= 0.6 is 11.3 Å². The number of anilines is 1. The molecule has 140 valence electrons. The van der Waals surface area contributed by atoms with Crippen molar-refractivity contribution in [3.8, 4) is 0 Å². The highest BCUT2D eigenvalue weighted by Crippen LogP contribution is 2.33. The molecule has 1 aromatic heterocycles. The van der Waals surface area contributed by atoms with E-state index in [9.17, 15) is 18.0 Å². The van der Waals surface area contributed by atoms with Crippen LogP contribution in [0.25, 0.3) is 0 Å². The Kier molecular flexibility index (Phi) is 6.20. The van der Waals surface area contributed by atoms with Gasteiger partial charge in [0.1, 0.15) is 5.00 Å². The lowest BCUT2D eigenvalue weighted by Gasteiger charge is -2.08. The average Bonchev–Trinajstić information content (AvgIpc) is 2.89. The maximum absolute atomic E-state index is 12.6. The van der Waals surface area contributed by atoms with E-state index in [4.69, 9.17) is 4.74 Å². The van der Waals surface area contributed by atoms with Gasteiger partial charge in [-0.05, 0) is 44.5 Å². The van der Waals surface area contributed by atoms with E-state index >= 15 is 0 Å². The molecule has 0 saturated carbocycles. The van der Waals surface area contributed by atoms with Crippen molar-refractivity contribution in [3.05, 3.63) is 45.8 Å². The molecule has 2 rings (SSSR count). The van der Waals surface area contributed by atoms with Crippen LogP contribution in [0.4, 0.5) is 5.00 Å². The van der Waals surface area contributed by atoms with Gasteiger partial charge in [0.15, 0.2) is 9.84 Å². The highest BCUT2D eigenvalue weighted by molar-refractivity contribution is 7.91. The summed E-state index contributed by atoms with van der Waals surface area (Å²) in [5.41, 5.74) is 1.30. The summed E-state index contributed by atoms with van der Waals surface area (Å²) < 4.78 is 29.1. The number of thiophene rings is 1. The second kappa shape index (κ2) is 8.01. The van der Waals surface area contributed by atoms with Gasteiger partial charge in [0, 0.05) is 10.4 Å². The van der Waals surface area contributed by atoms with Crippen LogP contribution < -0.4 is 5.32 Å². The Balaban J connectivity index is 2.36. The molecule has 6 nitrogen and oxygen atoms in total. The Morgan fingerprint density at radius 2 is 1.88 bits per heavy atom. The molecule has 1 amide bonds. The molecule has 0 aliphatic heterocycles. The number of hydrogen-bond donors (Lipinski definition) is 1. The SMILES string of the molecule is CCOC(=O)c1c(NC(=O)c2cccc(S(=O)(=O)CC)c2)sc(C)c1C. The lowest BCUT2D eigenvalue weighted by atomic mass is 10.1. The minimum atomic E-state index is -3.41. The molecule has 26 heavy (non-hydrogen) atoms. The predicted octanol–water partition coefficient (Wildman–Crippen LogP) is 3.59. The van der Waals surface area contributed by atoms with Gasteiger partial charge in [-0.1, -0.05) is 13.0 Å². The van der Waals surface area contributed by atoms with Crippen molar-refractivity contribution in [2.75, 3.05) is 17.7 Å².